The van der Waals surface area contributed by atoms with Crippen LogP contribution < -0.4 is 0 Å². The number of hydrogen-bond acceptors (Lipinski definition) is 0. The Morgan fingerprint density at radius 1 is 1.05 bits per heavy atom. The van der Waals surface area contributed by atoms with Crippen LogP contribution in [0.3, 0.4) is 0 Å². The molecule has 0 amide bonds. The van der Waals surface area contributed by atoms with Gasteiger partial charge in [0.2, 0.25) is 0 Å². The zero-order valence-corrected chi connectivity index (χ0v) is 13.1. The normalized spacial score (nSPS) is 14.9. The van der Waals surface area contributed by atoms with E-state index in [1.54, 1.807) is 0 Å². The van der Waals surface area contributed by atoms with Crippen molar-refractivity contribution in [1.82, 2.24) is 0 Å². The third-order valence-electron chi connectivity index (χ3n) is 3.22. The van der Waals surface area contributed by atoms with Crippen molar-refractivity contribution in [2.75, 3.05) is 0 Å². The molecule has 0 saturated heterocycles. The number of allylic oxidation sites excluding steroid dienone is 1. The van der Waals surface area contributed by atoms with Gasteiger partial charge in [0.25, 0.3) is 0 Å². The van der Waals surface area contributed by atoms with E-state index < -0.39 is 0 Å². The van der Waals surface area contributed by atoms with Gasteiger partial charge in [0, 0.05) is 0 Å². The third kappa shape index (κ3) is 2.76. The SMILES string of the molecule is Cc1ccccc1C#C/C=C1\[Te]Cc2ccccc21. The molecule has 2 aromatic rings. The van der Waals surface area contributed by atoms with Gasteiger partial charge < -0.3 is 0 Å². The Morgan fingerprint density at radius 2 is 1.84 bits per heavy atom. The fourth-order valence-electron chi connectivity index (χ4n) is 2.13. The fourth-order valence-corrected chi connectivity index (χ4v) is 5.16. The second kappa shape index (κ2) is 5.66. The molecule has 0 unspecified atom stereocenters. The first kappa shape index (κ1) is 12.6. The molecule has 0 fully saturated rings. The topological polar surface area (TPSA) is 0 Å². The van der Waals surface area contributed by atoms with Gasteiger partial charge in [-0.3, -0.25) is 0 Å². The molecule has 1 aliphatic heterocycles. The van der Waals surface area contributed by atoms with Crippen LogP contribution in [0.15, 0.2) is 54.6 Å². The molecule has 0 radical (unpaired) electrons. The first-order chi connectivity index (χ1) is 9.34. The summed E-state index contributed by atoms with van der Waals surface area (Å²) in [7, 11) is 0. The summed E-state index contributed by atoms with van der Waals surface area (Å²) in [5, 5.41) is 0. The van der Waals surface area contributed by atoms with Crippen molar-refractivity contribution in [3.8, 4) is 11.8 Å². The molecule has 19 heavy (non-hydrogen) atoms. The predicted octanol–water partition coefficient (Wildman–Crippen LogP) is 3.61. The maximum atomic E-state index is 3.27. The van der Waals surface area contributed by atoms with Crippen LogP contribution in [0, 0.1) is 18.8 Å². The summed E-state index contributed by atoms with van der Waals surface area (Å²) in [6.45, 7) is 2.11. The minimum atomic E-state index is -0.0668. The standard InChI is InChI=1S/C18H14Te/c1-14-7-2-3-8-15(14)10-6-12-18-17-11-5-4-9-16(17)13-19-18/h2-5,7-9,11-12H,13H2,1H3/b18-12-. The van der Waals surface area contributed by atoms with Crippen molar-refractivity contribution < 1.29 is 0 Å². The van der Waals surface area contributed by atoms with Gasteiger partial charge in [0.05, 0.1) is 0 Å². The zero-order valence-electron chi connectivity index (χ0n) is 10.8. The third-order valence-corrected chi connectivity index (χ3v) is 6.37. The number of aryl methyl sites for hydroxylation is 1. The Bertz CT molecular complexity index is 699. The average molecular weight is 358 g/mol. The molecule has 0 aliphatic carbocycles. The van der Waals surface area contributed by atoms with Gasteiger partial charge in [-0.2, -0.15) is 0 Å². The van der Waals surface area contributed by atoms with Crippen LogP contribution in [0.1, 0.15) is 22.3 Å². The first-order valence-electron chi connectivity index (χ1n) is 6.33. The molecule has 3 rings (SSSR count). The Balaban J connectivity index is 1.88. The molecule has 0 N–H and O–H groups in total. The van der Waals surface area contributed by atoms with Crippen molar-refractivity contribution in [3.05, 3.63) is 76.9 Å². The van der Waals surface area contributed by atoms with Crippen LogP contribution in [0.5, 0.6) is 0 Å². The number of rotatable bonds is 0. The van der Waals surface area contributed by atoms with Crippen LogP contribution in [0.4, 0.5) is 0 Å². The van der Waals surface area contributed by atoms with E-state index in [2.05, 4.69) is 67.3 Å². The average Bonchev–Trinajstić information content (AvgIpc) is 2.85. The molecule has 0 nitrogen and oxygen atoms in total. The molecule has 0 spiro atoms. The molecular formula is C18H14Te. The zero-order chi connectivity index (χ0) is 13.1. The summed E-state index contributed by atoms with van der Waals surface area (Å²) in [4.78, 5) is 0. The molecular weight excluding hydrogens is 344 g/mol. The van der Waals surface area contributed by atoms with E-state index in [9.17, 15) is 0 Å². The van der Waals surface area contributed by atoms with Crippen molar-refractivity contribution in [1.29, 1.82) is 0 Å². The van der Waals surface area contributed by atoms with E-state index in [1.165, 1.54) is 24.8 Å². The number of benzene rings is 2. The fraction of sp³-hybridized carbons (Fsp3) is 0.111. The summed E-state index contributed by atoms with van der Waals surface area (Å²) in [6, 6.07) is 17.0. The van der Waals surface area contributed by atoms with E-state index in [-0.39, 0.29) is 20.9 Å². The van der Waals surface area contributed by atoms with Crippen molar-refractivity contribution in [2.24, 2.45) is 0 Å². The van der Waals surface area contributed by atoms with Gasteiger partial charge >= 0.3 is 125 Å². The van der Waals surface area contributed by atoms with Gasteiger partial charge in [0.15, 0.2) is 0 Å². The van der Waals surface area contributed by atoms with Crippen molar-refractivity contribution in [3.63, 3.8) is 0 Å². The van der Waals surface area contributed by atoms with Gasteiger partial charge in [-0.1, -0.05) is 0 Å². The summed E-state index contributed by atoms with van der Waals surface area (Å²) < 4.78 is 2.78. The van der Waals surface area contributed by atoms with Crippen LogP contribution in [-0.4, -0.2) is 20.9 Å². The molecule has 1 heteroatoms. The van der Waals surface area contributed by atoms with Gasteiger partial charge in [-0.05, 0) is 0 Å². The molecule has 92 valence electrons. The Labute approximate surface area is 124 Å². The minimum absolute atomic E-state index is 0.0668. The van der Waals surface area contributed by atoms with Crippen LogP contribution in [0.25, 0.3) is 3.62 Å². The molecule has 0 atom stereocenters. The Hall–Kier alpha value is -1.47. The summed E-state index contributed by atoms with van der Waals surface area (Å²) >= 11 is -0.0668. The summed E-state index contributed by atoms with van der Waals surface area (Å²) in [5.41, 5.74) is 5.32. The van der Waals surface area contributed by atoms with E-state index in [0.717, 1.165) is 5.56 Å². The van der Waals surface area contributed by atoms with E-state index in [4.69, 9.17) is 0 Å². The molecule has 0 saturated carbocycles. The molecule has 1 heterocycles. The second-order valence-electron chi connectivity index (χ2n) is 4.54. The van der Waals surface area contributed by atoms with Crippen LogP contribution in [-0.2, 0) is 4.47 Å². The number of hydrogen-bond donors (Lipinski definition) is 0. The monoisotopic (exact) mass is 360 g/mol. The maximum absolute atomic E-state index is 3.27. The van der Waals surface area contributed by atoms with Crippen molar-refractivity contribution in [2.45, 2.75) is 11.4 Å². The molecule has 2 aromatic carbocycles. The summed E-state index contributed by atoms with van der Waals surface area (Å²) in [6.07, 6.45) is 2.14. The van der Waals surface area contributed by atoms with Crippen LogP contribution in [0.2, 0.25) is 0 Å². The summed E-state index contributed by atoms with van der Waals surface area (Å²) in [5.74, 6) is 6.51. The van der Waals surface area contributed by atoms with E-state index in [0.29, 0.717) is 0 Å². The number of fused-ring (bicyclic) bond motifs is 1. The Kier molecular flexibility index (Phi) is 3.74. The quantitative estimate of drug-likeness (QED) is 0.499. The van der Waals surface area contributed by atoms with Gasteiger partial charge in [0.1, 0.15) is 0 Å². The van der Waals surface area contributed by atoms with Crippen LogP contribution >= 0.6 is 0 Å². The molecule has 0 bridgehead atoms. The van der Waals surface area contributed by atoms with Crippen molar-refractivity contribution >= 4 is 24.5 Å². The van der Waals surface area contributed by atoms with E-state index in [1.807, 2.05) is 6.07 Å². The van der Waals surface area contributed by atoms with Gasteiger partial charge in [-0.25, -0.2) is 0 Å². The van der Waals surface area contributed by atoms with E-state index >= 15 is 0 Å². The Morgan fingerprint density at radius 3 is 2.74 bits per heavy atom. The van der Waals surface area contributed by atoms with Gasteiger partial charge in [-0.15, -0.1) is 0 Å². The molecule has 1 aliphatic rings. The predicted molar refractivity (Wildman–Crippen MR) is 81.9 cm³/mol. The molecule has 0 aromatic heterocycles. The first-order valence-corrected chi connectivity index (χ1v) is 9.14. The second-order valence-corrected chi connectivity index (χ2v) is 7.44.